The molecule has 0 saturated heterocycles. The summed E-state index contributed by atoms with van der Waals surface area (Å²) in [7, 11) is 0. The maximum Gasteiger partial charge on any atom is 0.170 e. The van der Waals surface area contributed by atoms with E-state index in [0.717, 1.165) is 5.69 Å². The van der Waals surface area contributed by atoms with E-state index in [1.807, 2.05) is 30.3 Å². The Kier molecular flexibility index (Phi) is 3.54. The van der Waals surface area contributed by atoms with E-state index in [2.05, 4.69) is 17.6 Å². The first-order chi connectivity index (χ1) is 5.83. The van der Waals surface area contributed by atoms with Crippen LogP contribution in [0.1, 0.15) is 0 Å². The topological polar surface area (TPSA) is 24.1 Å². The third kappa shape index (κ3) is 2.88. The number of para-hydroxylation sites is 1. The van der Waals surface area contributed by atoms with Gasteiger partial charge in [0.1, 0.15) is 0 Å². The molecule has 1 rings (SSSR count). The second kappa shape index (κ2) is 4.72. The van der Waals surface area contributed by atoms with Crippen molar-refractivity contribution in [2.75, 3.05) is 11.9 Å². The Bertz CT molecular complexity index is 246. The Morgan fingerprint density at radius 1 is 1.33 bits per heavy atom. The second-order valence-electron chi connectivity index (χ2n) is 2.25. The molecule has 0 aromatic heterocycles. The van der Waals surface area contributed by atoms with Gasteiger partial charge in [0.15, 0.2) is 5.11 Å². The Hall–Kier alpha value is -1.09. The number of hydrogen-bond donors (Lipinski definition) is 2. The molecule has 0 aliphatic heterocycles. The van der Waals surface area contributed by atoms with Gasteiger partial charge in [-0.2, -0.15) is 0 Å². The average molecular weight is 179 g/mol. The maximum atomic E-state index is 4.97. The minimum atomic E-state index is 0.596. The number of thiocarbonyl (C=S) groups is 1. The fraction of sp³-hybridized carbons (Fsp3) is 0.111. The first-order valence-corrected chi connectivity index (χ1v) is 4.13. The van der Waals surface area contributed by atoms with Gasteiger partial charge in [0, 0.05) is 12.2 Å². The summed E-state index contributed by atoms with van der Waals surface area (Å²) in [6.45, 7) is 4.22. The Balaban J connectivity index is 2.47. The molecule has 0 saturated carbocycles. The molecule has 0 aliphatic rings. The van der Waals surface area contributed by atoms with E-state index >= 15 is 0 Å². The van der Waals surface area contributed by atoms with E-state index in [-0.39, 0.29) is 0 Å². The van der Waals surface area contributed by atoms with Gasteiger partial charge < -0.3 is 10.6 Å². The van der Waals surface area contributed by atoms with Gasteiger partial charge in [0.05, 0.1) is 0 Å². The molecule has 1 radical (unpaired) electrons. The van der Waals surface area contributed by atoms with Gasteiger partial charge in [-0.25, -0.2) is 0 Å². The summed E-state index contributed by atoms with van der Waals surface area (Å²) >= 11 is 4.97. The summed E-state index contributed by atoms with van der Waals surface area (Å²) in [6, 6.07) is 9.78. The van der Waals surface area contributed by atoms with Gasteiger partial charge in [-0.3, -0.25) is 0 Å². The zero-order chi connectivity index (χ0) is 8.81. The van der Waals surface area contributed by atoms with Gasteiger partial charge in [0.2, 0.25) is 0 Å². The molecular formula is C9H11N2S. The SMILES string of the molecule is [CH2]CNC(=S)Nc1ccccc1. The van der Waals surface area contributed by atoms with Crippen molar-refractivity contribution in [2.24, 2.45) is 0 Å². The predicted octanol–water partition coefficient (Wildman–Crippen LogP) is 1.81. The van der Waals surface area contributed by atoms with Crippen LogP contribution in [0.3, 0.4) is 0 Å². The van der Waals surface area contributed by atoms with E-state index in [4.69, 9.17) is 12.2 Å². The first kappa shape index (κ1) is 9.00. The highest BCUT2D eigenvalue weighted by Crippen LogP contribution is 2.03. The third-order valence-electron chi connectivity index (χ3n) is 1.32. The first-order valence-electron chi connectivity index (χ1n) is 3.72. The van der Waals surface area contributed by atoms with Crippen LogP contribution in [0, 0.1) is 6.92 Å². The van der Waals surface area contributed by atoms with Gasteiger partial charge in [-0.05, 0) is 31.3 Å². The normalized spacial score (nSPS) is 9.08. The van der Waals surface area contributed by atoms with Crippen molar-refractivity contribution in [3.8, 4) is 0 Å². The lowest BCUT2D eigenvalue weighted by molar-refractivity contribution is 1.06. The quantitative estimate of drug-likeness (QED) is 0.677. The predicted molar refractivity (Wildman–Crippen MR) is 56.0 cm³/mol. The molecule has 2 nitrogen and oxygen atoms in total. The van der Waals surface area contributed by atoms with E-state index in [1.165, 1.54) is 0 Å². The molecule has 2 N–H and O–H groups in total. The molecule has 0 atom stereocenters. The van der Waals surface area contributed by atoms with E-state index in [0.29, 0.717) is 11.7 Å². The summed E-state index contributed by atoms with van der Waals surface area (Å²) in [5.74, 6) is 0. The fourth-order valence-corrected chi connectivity index (χ4v) is 1.03. The van der Waals surface area contributed by atoms with Gasteiger partial charge >= 0.3 is 0 Å². The Morgan fingerprint density at radius 3 is 2.58 bits per heavy atom. The number of anilines is 1. The highest BCUT2D eigenvalue weighted by atomic mass is 32.1. The van der Waals surface area contributed by atoms with Crippen LogP contribution in [0.2, 0.25) is 0 Å². The maximum absolute atomic E-state index is 4.97. The standard InChI is InChI=1S/C9H11N2S/c1-2-10-9(12)11-8-6-4-3-5-7-8/h3-7H,1-2H2,(H2,10,11,12). The summed E-state index contributed by atoms with van der Waals surface area (Å²) in [4.78, 5) is 0. The van der Waals surface area contributed by atoms with Crippen molar-refractivity contribution < 1.29 is 0 Å². The molecular weight excluding hydrogens is 168 g/mol. The molecule has 3 heteroatoms. The monoisotopic (exact) mass is 179 g/mol. The van der Waals surface area contributed by atoms with Crippen molar-refractivity contribution in [2.45, 2.75) is 0 Å². The molecule has 0 fully saturated rings. The highest BCUT2D eigenvalue weighted by Gasteiger charge is 1.92. The largest absolute Gasteiger partial charge is 0.362 e. The van der Waals surface area contributed by atoms with Crippen LogP contribution in [-0.4, -0.2) is 11.7 Å². The molecule has 0 unspecified atom stereocenters. The molecule has 0 spiro atoms. The van der Waals surface area contributed by atoms with E-state index in [9.17, 15) is 0 Å². The molecule has 1 aromatic carbocycles. The summed E-state index contributed by atoms with van der Waals surface area (Å²) in [5.41, 5.74) is 0.989. The minimum absolute atomic E-state index is 0.596. The summed E-state index contributed by atoms with van der Waals surface area (Å²) in [6.07, 6.45) is 0. The zero-order valence-electron chi connectivity index (χ0n) is 6.71. The van der Waals surface area contributed by atoms with Crippen LogP contribution in [0.4, 0.5) is 5.69 Å². The van der Waals surface area contributed by atoms with E-state index in [1.54, 1.807) is 0 Å². The van der Waals surface area contributed by atoms with Crippen LogP contribution < -0.4 is 10.6 Å². The van der Waals surface area contributed by atoms with Gasteiger partial charge in [-0.15, -0.1) is 0 Å². The number of hydrogen-bond acceptors (Lipinski definition) is 1. The van der Waals surface area contributed by atoms with Gasteiger partial charge in [0.25, 0.3) is 0 Å². The molecule has 0 bridgehead atoms. The van der Waals surface area contributed by atoms with Crippen molar-refractivity contribution in [3.05, 3.63) is 37.3 Å². The van der Waals surface area contributed by atoms with Gasteiger partial charge in [-0.1, -0.05) is 18.2 Å². The highest BCUT2D eigenvalue weighted by molar-refractivity contribution is 7.80. The van der Waals surface area contributed by atoms with Crippen LogP contribution in [0.15, 0.2) is 30.3 Å². The average Bonchev–Trinajstić information content (AvgIpc) is 2.06. The zero-order valence-corrected chi connectivity index (χ0v) is 7.53. The molecule has 63 valence electrons. The molecule has 0 aliphatic carbocycles. The van der Waals surface area contributed by atoms with Crippen molar-refractivity contribution in [1.29, 1.82) is 0 Å². The molecule has 0 heterocycles. The van der Waals surface area contributed by atoms with Crippen LogP contribution in [0.25, 0.3) is 0 Å². The lowest BCUT2D eigenvalue weighted by Crippen LogP contribution is -2.27. The third-order valence-corrected chi connectivity index (χ3v) is 1.56. The second-order valence-corrected chi connectivity index (χ2v) is 2.66. The van der Waals surface area contributed by atoms with Crippen molar-refractivity contribution in [1.82, 2.24) is 5.32 Å². The van der Waals surface area contributed by atoms with Crippen molar-refractivity contribution >= 4 is 23.0 Å². The summed E-state index contributed by atoms with van der Waals surface area (Å²) < 4.78 is 0. The Morgan fingerprint density at radius 2 is 2.00 bits per heavy atom. The van der Waals surface area contributed by atoms with Crippen LogP contribution in [-0.2, 0) is 0 Å². The molecule has 12 heavy (non-hydrogen) atoms. The minimum Gasteiger partial charge on any atom is -0.362 e. The molecule has 1 aromatic rings. The van der Waals surface area contributed by atoms with E-state index < -0.39 is 0 Å². The van der Waals surface area contributed by atoms with Crippen LogP contribution in [0.5, 0.6) is 0 Å². The summed E-state index contributed by atoms with van der Waals surface area (Å²) in [5, 5.41) is 6.53. The van der Waals surface area contributed by atoms with Crippen LogP contribution >= 0.6 is 12.2 Å². The lowest BCUT2D eigenvalue weighted by atomic mass is 10.3. The number of rotatable bonds is 2. The van der Waals surface area contributed by atoms with Crippen molar-refractivity contribution in [3.63, 3.8) is 0 Å². The number of benzene rings is 1. The smallest absolute Gasteiger partial charge is 0.170 e. The molecule has 0 amide bonds. The Labute approximate surface area is 78.0 Å². The fourth-order valence-electron chi connectivity index (χ4n) is 0.810. The number of nitrogens with one attached hydrogen (secondary N) is 2. The lowest BCUT2D eigenvalue weighted by Gasteiger charge is -2.07.